The predicted molar refractivity (Wildman–Crippen MR) is 69.8 cm³/mol. The zero-order valence-corrected chi connectivity index (χ0v) is 10.8. The van der Waals surface area contributed by atoms with Crippen LogP contribution in [0.5, 0.6) is 5.75 Å². The van der Waals surface area contributed by atoms with Crippen molar-refractivity contribution < 1.29 is 4.74 Å². The maximum atomic E-state index is 5.99. The predicted octanol–water partition coefficient (Wildman–Crippen LogP) is 4.28. The summed E-state index contributed by atoms with van der Waals surface area (Å²) in [7, 11) is 0. The van der Waals surface area contributed by atoms with Crippen LogP contribution in [0.2, 0.25) is 10.0 Å². The maximum Gasteiger partial charge on any atom is 0.124 e. The van der Waals surface area contributed by atoms with Crippen LogP contribution in [-0.2, 0) is 6.61 Å². The molecule has 88 valence electrons. The minimum Gasteiger partial charge on any atom is -0.489 e. The van der Waals surface area contributed by atoms with Gasteiger partial charge in [-0.1, -0.05) is 29.3 Å². The van der Waals surface area contributed by atoms with E-state index in [1.807, 2.05) is 25.1 Å². The standard InChI is InChI=1S/C13H11Cl2NO/c1-9-2-3-11(14)6-13(9)17-8-10-4-5-16-7-12(10)15/h2-7H,8H2,1H3. The molecule has 1 aromatic carbocycles. The molecule has 0 atom stereocenters. The van der Waals surface area contributed by atoms with Crippen molar-refractivity contribution in [3.8, 4) is 5.75 Å². The third kappa shape index (κ3) is 3.11. The third-order valence-electron chi connectivity index (χ3n) is 2.39. The fourth-order valence-electron chi connectivity index (χ4n) is 1.41. The van der Waals surface area contributed by atoms with E-state index in [4.69, 9.17) is 27.9 Å². The van der Waals surface area contributed by atoms with Crippen LogP contribution in [0.25, 0.3) is 0 Å². The van der Waals surface area contributed by atoms with Crippen LogP contribution in [-0.4, -0.2) is 4.98 Å². The summed E-state index contributed by atoms with van der Waals surface area (Å²) in [4.78, 5) is 3.92. The van der Waals surface area contributed by atoms with E-state index < -0.39 is 0 Å². The van der Waals surface area contributed by atoms with Gasteiger partial charge in [0.2, 0.25) is 0 Å². The molecule has 17 heavy (non-hydrogen) atoms. The van der Waals surface area contributed by atoms with Gasteiger partial charge in [-0.25, -0.2) is 0 Å². The number of benzene rings is 1. The first-order valence-corrected chi connectivity index (χ1v) is 5.90. The molecule has 0 saturated heterocycles. The van der Waals surface area contributed by atoms with Crippen molar-refractivity contribution >= 4 is 23.2 Å². The molecule has 0 fully saturated rings. The fourth-order valence-corrected chi connectivity index (χ4v) is 1.74. The molecule has 1 aromatic heterocycles. The van der Waals surface area contributed by atoms with Gasteiger partial charge in [-0.15, -0.1) is 0 Å². The second-order valence-corrected chi connectivity index (χ2v) is 4.51. The summed E-state index contributed by atoms with van der Waals surface area (Å²) in [5.41, 5.74) is 1.95. The summed E-state index contributed by atoms with van der Waals surface area (Å²) in [6, 6.07) is 7.39. The van der Waals surface area contributed by atoms with Gasteiger partial charge in [-0.05, 0) is 30.7 Å². The topological polar surface area (TPSA) is 22.1 Å². The van der Waals surface area contributed by atoms with Gasteiger partial charge in [0.05, 0.1) is 5.02 Å². The highest BCUT2D eigenvalue weighted by Crippen LogP contribution is 2.24. The lowest BCUT2D eigenvalue weighted by Gasteiger charge is -2.10. The smallest absolute Gasteiger partial charge is 0.124 e. The summed E-state index contributed by atoms with van der Waals surface area (Å²) in [6.07, 6.45) is 3.29. The molecule has 0 unspecified atom stereocenters. The van der Waals surface area contributed by atoms with Crippen molar-refractivity contribution in [1.82, 2.24) is 4.98 Å². The Kier molecular flexibility index (Phi) is 3.87. The average molecular weight is 268 g/mol. The lowest BCUT2D eigenvalue weighted by molar-refractivity contribution is 0.304. The monoisotopic (exact) mass is 267 g/mol. The zero-order valence-electron chi connectivity index (χ0n) is 9.28. The van der Waals surface area contributed by atoms with Crippen LogP contribution < -0.4 is 4.74 Å². The fraction of sp³-hybridized carbons (Fsp3) is 0.154. The highest BCUT2D eigenvalue weighted by Gasteiger charge is 2.04. The molecule has 2 rings (SSSR count). The summed E-state index contributed by atoms with van der Waals surface area (Å²) in [6.45, 7) is 2.38. The van der Waals surface area contributed by atoms with Crippen molar-refractivity contribution in [2.75, 3.05) is 0 Å². The lowest BCUT2D eigenvalue weighted by Crippen LogP contribution is -1.98. The van der Waals surface area contributed by atoms with E-state index in [9.17, 15) is 0 Å². The number of pyridine rings is 1. The Balaban J connectivity index is 2.12. The van der Waals surface area contributed by atoms with Crippen molar-refractivity contribution in [3.05, 3.63) is 57.8 Å². The van der Waals surface area contributed by atoms with Crippen molar-refractivity contribution in [1.29, 1.82) is 0 Å². The molecule has 0 aliphatic rings. The van der Waals surface area contributed by atoms with Gasteiger partial charge in [0, 0.05) is 23.0 Å². The Labute approximate surface area is 110 Å². The number of aryl methyl sites for hydroxylation is 1. The average Bonchev–Trinajstić information content (AvgIpc) is 2.32. The first kappa shape index (κ1) is 12.2. The molecule has 0 bridgehead atoms. The van der Waals surface area contributed by atoms with E-state index in [1.165, 1.54) is 0 Å². The molecule has 2 nitrogen and oxygen atoms in total. The highest BCUT2D eigenvalue weighted by atomic mass is 35.5. The second-order valence-electron chi connectivity index (χ2n) is 3.67. The summed E-state index contributed by atoms with van der Waals surface area (Å²) in [5, 5.41) is 1.26. The molecular weight excluding hydrogens is 257 g/mol. The van der Waals surface area contributed by atoms with E-state index >= 15 is 0 Å². The second kappa shape index (κ2) is 5.39. The SMILES string of the molecule is Cc1ccc(Cl)cc1OCc1ccncc1Cl. The van der Waals surface area contributed by atoms with E-state index in [2.05, 4.69) is 4.98 Å². The molecule has 0 spiro atoms. The van der Waals surface area contributed by atoms with Gasteiger partial charge in [-0.2, -0.15) is 0 Å². The van der Waals surface area contributed by atoms with Gasteiger partial charge in [-0.3, -0.25) is 4.98 Å². The Morgan fingerprint density at radius 2 is 2.06 bits per heavy atom. The Morgan fingerprint density at radius 1 is 1.24 bits per heavy atom. The number of nitrogens with zero attached hydrogens (tertiary/aromatic N) is 1. The van der Waals surface area contributed by atoms with Gasteiger partial charge >= 0.3 is 0 Å². The van der Waals surface area contributed by atoms with Gasteiger partial charge in [0.15, 0.2) is 0 Å². The number of aromatic nitrogens is 1. The van der Waals surface area contributed by atoms with Crippen LogP contribution in [0.15, 0.2) is 36.7 Å². The minimum atomic E-state index is 0.405. The van der Waals surface area contributed by atoms with Crippen molar-refractivity contribution in [3.63, 3.8) is 0 Å². The number of halogens is 2. The molecule has 0 radical (unpaired) electrons. The van der Waals surface area contributed by atoms with E-state index in [0.717, 1.165) is 16.9 Å². The largest absolute Gasteiger partial charge is 0.489 e. The summed E-state index contributed by atoms with van der Waals surface area (Å²) < 4.78 is 5.69. The maximum absolute atomic E-state index is 5.99. The van der Waals surface area contributed by atoms with E-state index in [1.54, 1.807) is 18.5 Å². The molecule has 0 aliphatic heterocycles. The molecule has 0 amide bonds. The Bertz CT molecular complexity index is 529. The Morgan fingerprint density at radius 3 is 2.82 bits per heavy atom. The van der Waals surface area contributed by atoms with Crippen LogP contribution >= 0.6 is 23.2 Å². The van der Waals surface area contributed by atoms with Crippen LogP contribution in [0.1, 0.15) is 11.1 Å². The van der Waals surface area contributed by atoms with Crippen molar-refractivity contribution in [2.45, 2.75) is 13.5 Å². The van der Waals surface area contributed by atoms with Crippen LogP contribution in [0.3, 0.4) is 0 Å². The molecule has 4 heteroatoms. The number of ether oxygens (including phenoxy) is 1. The van der Waals surface area contributed by atoms with Gasteiger partial charge < -0.3 is 4.74 Å². The summed E-state index contributed by atoms with van der Waals surface area (Å²) in [5.74, 6) is 0.769. The molecule has 0 saturated carbocycles. The molecule has 0 N–H and O–H groups in total. The molecule has 1 heterocycles. The quantitative estimate of drug-likeness (QED) is 0.829. The number of rotatable bonds is 3. The van der Waals surface area contributed by atoms with E-state index in [-0.39, 0.29) is 0 Å². The van der Waals surface area contributed by atoms with Crippen molar-refractivity contribution in [2.24, 2.45) is 0 Å². The first-order chi connectivity index (χ1) is 8.16. The van der Waals surface area contributed by atoms with Crippen LogP contribution in [0.4, 0.5) is 0 Å². The number of hydrogen-bond donors (Lipinski definition) is 0. The van der Waals surface area contributed by atoms with Gasteiger partial charge in [0.1, 0.15) is 12.4 Å². The van der Waals surface area contributed by atoms with E-state index in [0.29, 0.717) is 16.7 Å². The minimum absolute atomic E-state index is 0.405. The lowest BCUT2D eigenvalue weighted by atomic mass is 10.2. The normalized spacial score (nSPS) is 10.3. The molecule has 2 aromatic rings. The zero-order chi connectivity index (χ0) is 12.3. The number of hydrogen-bond acceptors (Lipinski definition) is 2. The highest BCUT2D eigenvalue weighted by molar-refractivity contribution is 6.31. The molecular formula is C13H11Cl2NO. The Hall–Kier alpha value is -1.25. The van der Waals surface area contributed by atoms with Gasteiger partial charge in [0.25, 0.3) is 0 Å². The first-order valence-electron chi connectivity index (χ1n) is 5.14. The molecule has 0 aliphatic carbocycles. The summed E-state index contributed by atoms with van der Waals surface area (Å²) >= 11 is 11.9. The van der Waals surface area contributed by atoms with Crippen LogP contribution in [0, 0.1) is 6.92 Å². The third-order valence-corrected chi connectivity index (χ3v) is 2.97.